The Kier molecular flexibility index (Phi) is 8.05. The number of amides is 2. The first kappa shape index (κ1) is 27.5. The summed E-state index contributed by atoms with van der Waals surface area (Å²) in [6.45, 7) is -0.0455. The summed E-state index contributed by atoms with van der Waals surface area (Å²) in [6.07, 6.45) is -2.10. The first-order valence-electron chi connectivity index (χ1n) is 11.6. The quantitative estimate of drug-likeness (QED) is 0.312. The molecule has 0 saturated carbocycles. The van der Waals surface area contributed by atoms with Crippen LogP contribution >= 0.6 is 0 Å². The number of methoxy groups -OCH3 is 1. The van der Waals surface area contributed by atoms with Crippen LogP contribution < -0.4 is 10.6 Å². The second-order valence-corrected chi connectivity index (χ2v) is 8.50. The van der Waals surface area contributed by atoms with Gasteiger partial charge in [0, 0.05) is 31.5 Å². The Morgan fingerprint density at radius 1 is 1.05 bits per heavy atom. The number of alkyl halides is 3. The number of hydrogen-bond acceptors (Lipinski definition) is 5. The number of nitrogens with one attached hydrogen (secondary N) is 2. The van der Waals surface area contributed by atoms with Crippen LogP contribution in [0.5, 0.6) is 0 Å². The molecule has 0 radical (unpaired) electrons. The van der Waals surface area contributed by atoms with Crippen molar-refractivity contribution in [2.75, 3.05) is 19.0 Å². The highest BCUT2D eigenvalue weighted by molar-refractivity contribution is 6.07. The lowest BCUT2D eigenvalue weighted by Gasteiger charge is -2.16. The Morgan fingerprint density at radius 2 is 1.79 bits per heavy atom. The molecule has 0 aliphatic heterocycles. The third-order valence-corrected chi connectivity index (χ3v) is 5.68. The molecule has 4 rings (SSSR count). The molecule has 0 atom stereocenters. The fraction of sp³-hybridized carbons (Fsp3) is 0.185. The van der Waals surface area contributed by atoms with Crippen LogP contribution in [0.15, 0.2) is 67.0 Å². The molecule has 0 spiro atoms. The summed E-state index contributed by atoms with van der Waals surface area (Å²) in [7, 11) is 2.92. The predicted octanol–water partition coefficient (Wildman–Crippen LogP) is 4.82. The molecule has 12 heteroatoms. The van der Waals surface area contributed by atoms with E-state index in [-0.39, 0.29) is 30.4 Å². The number of halogens is 4. The molecule has 2 N–H and O–H groups in total. The third kappa shape index (κ3) is 6.47. The molecule has 8 nitrogen and oxygen atoms in total. The van der Waals surface area contributed by atoms with Crippen LogP contribution in [0, 0.1) is 5.82 Å². The van der Waals surface area contributed by atoms with E-state index in [9.17, 15) is 27.2 Å². The van der Waals surface area contributed by atoms with Gasteiger partial charge in [0.05, 0.1) is 40.9 Å². The number of nitrogens with zero attached hydrogens (tertiary/aromatic N) is 3. The van der Waals surface area contributed by atoms with Crippen molar-refractivity contribution in [2.24, 2.45) is 7.05 Å². The number of benzene rings is 2. The number of hydrogen-bond donors (Lipinski definition) is 2. The van der Waals surface area contributed by atoms with Gasteiger partial charge in [-0.2, -0.15) is 18.3 Å². The lowest BCUT2D eigenvalue weighted by atomic mass is 9.99. The Hall–Kier alpha value is -4.58. The lowest BCUT2D eigenvalue weighted by Crippen LogP contribution is -2.27. The number of carbonyl (C=O) groups is 2. The average molecular weight is 542 g/mol. The molecule has 0 saturated heterocycles. The Labute approximate surface area is 220 Å². The van der Waals surface area contributed by atoms with Gasteiger partial charge in [0.1, 0.15) is 12.4 Å². The van der Waals surface area contributed by atoms with Crippen LogP contribution in [-0.2, 0) is 29.3 Å². The molecule has 0 aliphatic rings. The van der Waals surface area contributed by atoms with Crippen molar-refractivity contribution in [3.05, 3.63) is 89.6 Å². The van der Waals surface area contributed by atoms with E-state index >= 15 is 0 Å². The van der Waals surface area contributed by atoms with Gasteiger partial charge in [0.15, 0.2) is 0 Å². The molecule has 202 valence electrons. The van der Waals surface area contributed by atoms with Gasteiger partial charge in [0.25, 0.3) is 5.91 Å². The molecule has 0 bridgehead atoms. The summed E-state index contributed by atoms with van der Waals surface area (Å²) in [4.78, 5) is 29.2. The number of anilines is 1. The van der Waals surface area contributed by atoms with E-state index < -0.39 is 34.6 Å². The SMILES string of the molecule is COCC(=O)NCc1cc(-c2ccccc2)c(NC(=O)c2cc(-c3ccn(C)n3)c(C(F)(F)F)cc2F)cn1. The molecule has 39 heavy (non-hydrogen) atoms. The molecule has 0 unspecified atom stereocenters. The summed E-state index contributed by atoms with van der Waals surface area (Å²) < 4.78 is 62.1. The second-order valence-electron chi connectivity index (χ2n) is 8.50. The zero-order valence-corrected chi connectivity index (χ0v) is 20.8. The first-order chi connectivity index (χ1) is 18.6. The van der Waals surface area contributed by atoms with Gasteiger partial charge in [0.2, 0.25) is 5.91 Å². The number of rotatable bonds is 8. The number of aromatic nitrogens is 3. The van der Waals surface area contributed by atoms with Crippen LogP contribution in [0.4, 0.5) is 23.2 Å². The van der Waals surface area contributed by atoms with Gasteiger partial charge < -0.3 is 15.4 Å². The van der Waals surface area contributed by atoms with Crippen molar-refractivity contribution in [1.82, 2.24) is 20.1 Å². The predicted molar refractivity (Wildman–Crippen MR) is 135 cm³/mol. The monoisotopic (exact) mass is 541 g/mol. The molecule has 2 aromatic heterocycles. The summed E-state index contributed by atoms with van der Waals surface area (Å²) in [5, 5.41) is 9.20. The molecule has 2 amide bonds. The summed E-state index contributed by atoms with van der Waals surface area (Å²) >= 11 is 0. The molecule has 4 aromatic rings. The van der Waals surface area contributed by atoms with E-state index in [1.54, 1.807) is 36.4 Å². The Bertz CT molecular complexity index is 1500. The minimum Gasteiger partial charge on any atom is -0.375 e. The maximum absolute atomic E-state index is 14.9. The van der Waals surface area contributed by atoms with Gasteiger partial charge in [-0.1, -0.05) is 30.3 Å². The van der Waals surface area contributed by atoms with Gasteiger partial charge in [-0.15, -0.1) is 0 Å². The highest BCUT2D eigenvalue weighted by atomic mass is 19.4. The van der Waals surface area contributed by atoms with Gasteiger partial charge >= 0.3 is 6.18 Å². The van der Waals surface area contributed by atoms with E-state index in [4.69, 9.17) is 4.74 Å². The number of pyridine rings is 1. The number of ether oxygens (including phenoxy) is 1. The fourth-order valence-corrected chi connectivity index (χ4v) is 3.86. The van der Waals surface area contributed by atoms with E-state index in [1.165, 1.54) is 37.3 Å². The smallest absolute Gasteiger partial charge is 0.375 e. The van der Waals surface area contributed by atoms with Crippen molar-refractivity contribution >= 4 is 17.5 Å². The largest absolute Gasteiger partial charge is 0.417 e. The number of carbonyl (C=O) groups excluding carboxylic acids is 2. The van der Waals surface area contributed by atoms with Crippen LogP contribution in [-0.4, -0.2) is 40.3 Å². The first-order valence-corrected chi connectivity index (χ1v) is 11.6. The molecule has 0 fully saturated rings. The van der Waals surface area contributed by atoms with Crippen LogP contribution in [0.2, 0.25) is 0 Å². The van der Waals surface area contributed by atoms with Crippen molar-refractivity contribution in [2.45, 2.75) is 12.7 Å². The maximum Gasteiger partial charge on any atom is 0.417 e. The van der Waals surface area contributed by atoms with E-state index in [2.05, 4.69) is 20.7 Å². The maximum atomic E-state index is 14.9. The van der Waals surface area contributed by atoms with Crippen molar-refractivity contribution in [3.8, 4) is 22.4 Å². The van der Waals surface area contributed by atoms with E-state index in [1.807, 2.05) is 0 Å². The average Bonchev–Trinajstić information content (AvgIpc) is 3.34. The second kappa shape index (κ2) is 11.4. The Balaban J connectivity index is 1.71. The van der Waals surface area contributed by atoms with E-state index in [0.717, 1.165) is 6.07 Å². The van der Waals surface area contributed by atoms with Crippen LogP contribution in [0.3, 0.4) is 0 Å². The fourth-order valence-electron chi connectivity index (χ4n) is 3.86. The van der Waals surface area contributed by atoms with Crippen molar-refractivity contribution < 1.29 is 31.9 Å². The summed E-state index contributed by atoms with van der Waals surface area (Å²) in [5.74, 6) is -2.66. The summed E-state index contributed by atoms with van der Waals surface area (Å²) in [5.41, 5.74) is -0.496. The molecular formula is C27H23F4N5O3. The van der Waals surface area contributed by atoms with Gasteiger partial charge in [-0.05, 0) is 29.8 Å². The van der Waals surface area contributed by atoms with Crippen LogP contribution in [0.1, 0.15) is 21.6 Å². The minimum absolute atomic E-state index is 0.0645. The summed E-state index contributed by atoms with van der Waals surface area (Å²) in [6, 6.07) is 13.0. The normalized spacial score (nSPS) is 11.3. The molecule has 2 aromatic carbocycles. The van der Waals surface area contributed by atoms with Crippen molar-refractivity contribution in [3.63, 3.8) is 0 Å². The van der Waals surface area contributed by atoms with E-state index in [0.29, 0.717) is 22.9 Å². The zero-order chi connectivity index (χ0) is 28.2. The highest BCUT2D eigenvalue weighted by Crippen LogP contribution is 2.38. The number of aryl methyl sites for hydroxylation is 1. The van der Waals surface area contributed by atoms with Crippen molar-refractivity contribution in [1.29, 1.82) is 0 Å². The van der Waals surface area contributed by atoms with Gasteiger partial charge in [-0.25, -0.2) is 4.39 Å². The molecular weight excluding hydrogens is 518 g/mol. The highest BCUT2D eigenvalue weighted by Gasteiger charge is 2.36. The standard InChI is InChI=1S/C27H23F4N5O3/c1-36-9-8-23(35-36)19-11-20(22(28)12-21(19)27(29,30)31)26(38)34-24-14-32-17(13-33-25(37)15-39-2)10-18(24)16-6-4-3-5-7-16/h3-12,14H,13,15H2,1-2H3,(H,33,37)(H,34,38). The zero-order valence-electron chi connectivity index (χ0n) is 20.8. The Morgan fingerprint density at radius 3 is 2.44 bits per heavy atom. The lowest BCUT2D eigenvalue weighted by molar-refractivity contribution is -0.137. The topological polar surface area (TPSA) is 98.1 Å². The van der Waals surface area contributed by atoms with Crippen LogP contribution in [0.25, 0.3) is 22.4 Å². The van der Waals surface area contributed by atoms with Gasteiger partial charge in [-0.3, -0.25) is 19.3 Å². The molecule has 2 heterocycles. The minimum atomic E-state index is -4.87. The molecule has 0 aliphatic carbocycles. The third-order valence-electron chi connectivity index (χ3n) is 5.68.